The number of hydrogen-bond donors (Lipinski definition) is 3. The summed E-state index contributed by atoms with van der Waals surface area (Å²) in [6, 6.07) is 0. The molecule has 1 saturated heterocycles. The van der Waals surface area contributed by atoms with Crippen molar-refractivity contribution in [1.29, 1.82) is 0 Å². The molecule has 0 amide bonds. The standard InChI is InChI=1S/C67H118O12/c1-4-7-10-13-16-19-22-24-26-28-30-32-34-36-39-41-44-47-50-53-59(68)75-56-58(77-60(69)54-51-48-45-42-38-21-18-15-12-9-6-3)57-76-67-65(63(72)62(71)64(79-67)66(73)74)78-61(70)55-52-49-46-43-40-37-35-33-31-29-27-25-23-20-17-14-11-8-5-2/h17,20,24-27,31,33,58,62-65,67,71-72H,4-16,18-19,21-23,28-30,32,34-57H2,1-3H3,(H,73,74)/b20-17-,26-24-,27-25-,33-31-. The van der Waals surface area contributed by atoms with Crippen LogP contribution in [0, 0.1) is 0 Å². The van der Waals surface area contributed by atoms with E-state index in [1.165, 1.54) is 154 Å². The quantitative estimate of drug-likeness (QED) is 0.0228. The molecule has 1 heterocycles. The number of rotatable bonds is 56. The van der Waals surface area contributed by atoms with Gasteiger partial charge in [0.15, 0.2) is 24.6 Å². The van der Waals surface area contributed by atoms with E-state index in [2.05, 4.69) is 69.4 Å². The number of hydrogen-bond acceptors (Lipinski definition) is 11. The van der Waals surface area contributed by atoms with Crippen LogP contribution in [0.3, 0.4) is 0 Å². The van der Waals surface area contributed by atoms with Gasteiger partial charge in [0.2, 0.25) is 0 Å². The summed E-state index contributed by atoms with van der Waals surface area (Å²) in [6.45, 7) is 5.98. The fraction of sp³-hybridized carbons (Fsp3) is 0.821. The van der Waals surface area contributed by atoms with E-state index in [1.54, 1.807) is 0 Å². The first kappa shape index (κ1) is 73.7. The molecule has 1 fully saturated rings. The molecular weight excluding hydrogens is 997 g/mol. The van der Waals surface area contributed by atoms with E-state index in [0.29, 0.717) is 19.3 Å². The van der Waals surface area contributed by atoms with Crippen molar-refractivity contribution in [3.8, 4) is 0 Å². The highest BCUT2D eigenvalue weighted by molar-refractivity contribution is 5.74. The number of esters is 3. The van der Waals surface area contributed by atoms with E-state index in [4.69, 9.17) is 23.7 Å². The molecule has 0 bridgehead atoms. The second-order valence-corrected chi connectivity index (χ2v) is 22.4. The lowest BCUT2D eigenvalue weighted by Gasteiger charge is -2.40. The van der Waals surface area contributed by atoms with Crippen LogP contribution in [0.25, 0.3) is 0 Å². The van der Waals surface area contributed by atoms with E-state index in [1.807, 2.05) is 0 Å². The highest BCUT2D eigenvalue weighted by Gasteiger charge is 2.50. The summed E-state index contributed by atoms with van der Waals surface area (Å²) in [4.78, 5) is 51.2. The second kappa shape index (κ2) is 55.2. The molecule has 3 N–H and O–H groups in total. The normalized spacial score (nSPS) is 18.1. The van der Waals surface area contributed by atoms with Crippen molar-refractivity contribution < 1.29 is 58.2 Å². The summed E-state index contributed by atoms with van der Waals surface area (Å²) >= 11 is 0. The molecule has 0 aromatic carbocycles. The number of carboxylic acids is 1. The molecule has 1 aliphatic rings. The van der Waals surface area contributed by atoms with Crippen molar-refractivity contribution in [2.75, 3.05) is 13.2 Å². The zero-order valence-electron chi connectivity index (χ0n) is 50.6. The Morgan fingerprint density at radius 3 is 1.19 bits per heavy atom. The molecule has 6 atom stereocenters. The fourth-order valence-corrected chi connectivity index (χ4v) is 9.84. The number of aliphatic hydroxyl groups is 2. The number of carbonyl (C=O) groups excluding carboxylic acids is 3. The minimum absolute atomic E-state index is 0.0478. The molecule has 0 aliphatic carbocycles. The maximum absolute atomic E-state index is 13.1. The Kier molecular flexibility index (Phi) is 51.5. The summed E-state index contributed by atoms with van der Waals surface area (Å²) in [5, 5.41) is 31.6. The Labute approximate surface area is 482 Å². The van der Waals surface area contributed by atoms with Crippen LogP contribution in [0.1, 0.15) is 303 Å². The van der Waals surface area contributed by atoms with Crippen LogP contribution in [0.2, 0.25) is 0 Å². The van der Waals surface area contributed by atoms with Crippen molar-refractivity contribution in [1.82, 2.24) is 0 Å². The van der Waals surface area contributed by atoms with Gasteiger partial charge >= 0.3 is 23.9 Å². The van der Waals surface area contributed by atoms with E-state index in [9.17, 15) is 34.5 Å². The molecule has 1 rings (SSSR count). The molecular formula is C67H118O12. The number of unbranched alkanes of at least 4 members (excludes halogenated alkanes) is 34. The molecule has 0 aromatic rings. The van der Waals surface area contributed by atoms with Crippen molar-refractivity contribution in [2.24, 2.45) is 0 Å². The smallest absolute Gasteiger partial charge is 0.335 e. The lowest BCUT2D eigenvalue weighted by Crippen LogP contribution is -2.61. The summed E-state index contributed by atoms with van der Waals surface area (Å²) < 4.78 is 28.5. The maximum Gasteiger partial charge on any atom is 0.335 e. The van der Waals surface area contributed by atoms with Gasteiger partial charge in [0.05, 0.1) is 6.61 Å². The number of ether oxygens (including phenoxy) is 5. The monoisotopic (exact) mass is 1110 g/mol. The van der Waals surface area contributed by atoms with Crippen LogP contribution in [0.15, 0.2) is 48.6 Å². The molecule has 12 nitrogen and oxygen atoms in total. The van der Waals surface area contributed by atoms with E-state index < -0.39 is 67.3 Å². The van der Waals surface area contributed by atoms with E-state index in [-0.39, 0.29) is 25.9 Å². The predicted molar refractivity (Wildman–Crippen MR) is 322 cm³/mol. The molecule has 0 radical (unpaired) electrons. The Balaban J connectivity index is 2.62. The van der Waals surface area contributed by atoms with Gasteiger partial charge < -0.3 is 39.0 Å². The molecule has 0 saturated carbocycles. The highest BCUT2D eigenvalue weighted by atomic mass is 16.7. The van der Waals surface area contributed by atoms with Gasteiger partial charge in [-0.05, 0) is 83.5 Å². The molecule has 79 heavy (non-hydrogen) atoms. The number of aliphatic hydroxyl groups excluding tert-OH is 2. The zero-order chi connectivity index (χ0) is 57.5. The van der Waals surface area contributed by atoms with Crippen molar-refractivity contribution in [3.05, 3.63) is 48.6 Å². The largest absolute Gasteiger partial charge is 0.479 e. The predicted octanol–water partition coefficient (Wildman–Crippen LogP) is 17.3. The average molecular weight is 1120 g/mol. The van der Waals surface area contributed by atoms with Crippen LogP contribution < -0.4 is 0 Å². The van der Waals surface area contributed by atoms with E-state index in [0.717, 1.165) is 89.9 Å². The Hall–Kier alpha value is -3.32. The number of carboxylic acid groups (broad SMARTS) is 1. The number of aliphatic carboxylic acids is 1. The van der Waals surface area contributed by atoms with Gasteiger partial charge in [0.1, 0.15) is 18.8 Å². The summed E-state index contributed by atoms with van der Waals surface area (Å²) in [7, 11) is 0. The molecule has 0 spiro atoms. The summed E-state index contributed by atoms with van der Waals surface area (Å²) in [6.07, 6.45) is 55.0. The van der Waals surface area contributed by atoms with Gasteiger partial charge in [0, 0.05) is 19.3 Å². The van der Waals surface area contributed by atoms with Crippen LogP contribution in [-0.4, -0.2) is 89.2 Å². The van der Waals surface area contributed by atoms with Crippen LogP contribution in [0.5, 0.6) is 0 Å². The summed E-state index contributed by atoms with van der Waals surface area (Å²) in [5.74, 6) is -3.11. The lowest BCUT2D eigenvalue weighted by molar-refractivity contribution is -0.301. The maximum atomic E-state index is 13.1. The summed E-state index contributed by atoms with van der Waals surface area (Å²) in [5.41, 5.74) is 0. The first-order chi connectivity index (χ1) is 38.6. The van der Waals surface area contributed by atoms with Crippen molar-refractivity contribution >= 4 is 23.9 Å². The second-order valence-electron chi connectivity index (χ2n) is 22.4. The fourth-order valence-electron chi connectivity index (χ4n) is 9.84. The Morgan fingerprint density at radius 1 is 0.418 bits per heavy atom. The van der Waals surface area contributed by atoms with Gasteiger partial charge in [-0.25, -0.2) is 4.79 Å². The third kappa shape index (κ3) is 45.0. The van der Waals surface area contributed by atoms with Crippen molar-refractivity contribution in [3.63, 3.8) is 0 Å². The van der Waals surface area contributed by atoms with Crippen LogP contribution >= 0.6 is 0 Å². The van der Waals surface area contributed by atoms with E-state index >= 15 is 0 Å². The lowest BCUT2D eigenvalue weighted by atomic mass is 9.98. The van der Waals surface area contributed by atoms with Crippen molar-refractivity contribution in [2.45, 2.75) is 340 Å². The molecule has 458 valence electrons. The molecule has 0 aromatic heterocycles. The minimum atomic E-state index is -1.91. The highest BCUT2D eigenvalue weighted by Crippen LogP contribution is 2.27. The topological polar surface area (TPSA) is 175 Å². The van der Waals surface area contributed by atoms with Gasteiger partial charge in [-0.15, -0.1) is 0 Å². The molecule has 12 heteroatoms. The number of carbonyl (C=O) groups is 4. The first-order valence-electron chi connectivity index (χ1n) is 32.6. The molecule has 6 unspecified atom stereocenters. The molecule has 1 aliphatic heterocycles. The van der Waals surface area contributed by atoms with Gasteiger partial charge in [-0.1, -0.05) is 249 Å². The van der Waals surface area contributed by atoms with Crippen LogP contribution in [0.4, 0.5) is 0 Å². The minimum Gasteiger partial charge on any atom is -0.479 e. The average Bonchev–Trinajstić information content (AvgIpc) is 3.43. The van der Waals surface area contributed by atoms with Gasteiger partial charge in [-0.2, -0.15) is 0 Å². The van der Waals surface area contributed by atoms with Gasteiger partial charge in [-0.3, -0.25) is 14.4 Å². The SMILES string of the molecule is CCCCC/C=C\C/C=C\C/C=C\CCCCCCCCC(=O)OC1C(OCC(COC(=O)CCCCCCCCCCC/C=C\CCCCCCCC)OC(=O)CCCCCCCCCCCCC)OC(C(=O)O)C(O)C1O. The third-order valence-corrected chi connectivity index (χ3v) is 14.9. The van der Waals surface area contributed by atoms with Gasteiger partial charge in [0.25, 0.3) is 0 Å². The first-order valence-corrected chi connectivity index (χ1v) is 32.6. The van der Waals surface area contributed by atoms with Crippen LogP contribution in [-0.2, 0) is 42.9 Å². The zero-order valence-corrected chi connectivity index (χ0v) is 50.6. The Morgan fingerprint density at radius 2 is 0.759 bits per heavy atom. The Bertz CT molecular complexity index is 1560. The third-order valence-electron chi connectivity index (χ3n) is 14.9. The number of allylic oxidation sites excluding steroid dienone is 8.